The molecule has 0 bridgehead atoms. The third-order valence-electron chi connectivity index (χ3n) is 5.29. The Morgan fingerprint density at radius 1 is 1.10 bits per heavy atom. The number of rotatable bonds is 2. The van der Waals surface area contributed by atoms with Gasteiger partial charge in [-0.2, -0.15) is 17.7 Å². The van der Waals surface area contributed by atoms with Crippen LogP contribution in [0.4, 0.5) is 23.8 Å². The zero-order valence-electron chi connectivity index (χ0n) is 18.0. The first-order chi connectivity index (χ1) is 13.7. The molecule has 3 rings (SSSR count). The number of ether oxygens (including phenoxy) is 1. The summed E-state index contributed by atoms with van der Waals surface area (Å²) in [4.78, 5) is 14.1. The molecule has 0 atom stereocenters. The van der Waals surface area contributed by atoms with Crippen LogP contribution in [0.15, 0.2) is 0 Å². The van der Waals surface area contributed by atoms with Crippen LogP contribution in [-0.4, -0.2) is 50.1 Å². The van der Waals surface area contributed by atoms with E-state index in [0.29, 0.717) is 37.3 Å². The van der Waals surface area contributed by atoms with Crippen LogP contribution in [-0.2, 0) is 10.9 Å². The van der Waals surface area contributed by atoms with Crippen LogP contribution in [0.2, 0.25) is 0 Å². The third kappa shape index (κ3) is 4.44. The Bertz CT molecular complexity index is 956. The number of carbonyl (C=O) groups is 1. The van der Waals surface area contributed by atoms with Crippen molar-refractivity contribution in [2.75, 3.05) is 18.0 Å². The maximum absolute atomic E-state index is 13.3. The Labute approximate surface area is 172 Å². The van der Waals surface area contributed by atoms with Gasteiger partial charge in [-0.3, -0.25) is 0 Å². The number of nitrogens with zero attached hydrogens (tertiary/aromatic N) is 5. The molecular formula is C19H27F3N6O2. The van der Waals surface area contributed by atoms with Gasteiger partial charge in [0.1, 0.15) is 5.60 Å². The van der Waals surface area contributed by atoms with Crippen molar-refractivity contribution in [3.05, 3.63) is 17.0 Å². The van der Waals surface area contributed by atoms with Crippen molar-refractivity contribution < 1.29 is 22.7 Å². The first kappa shape index (κ1) is 22.1. The molecule has 3 heterocycles. The summed E-state index contributed by atoms with van der Waals surface area (Å²) in [6.07, 6.45) is -3.94. The molecule has 2 aromatic rings. The van der Waals surface area contributed by atoms with Crippen LogP contribution in [0.5, 0.6) is 0 Å². The summed E-state index contributed by atoms with van der Waals surface area (Å²) in [5, 5.41) is 14.1. The number of alkyl carbamates (subject to hydrolysis) is 1. The summed E-state index contributed by atoms with van der Waals surface area (Å²) in [7, 11) is 0. The monoisotopic (exact) mass is 428 g/mol. The molecule has 0 saturated carbocycles. The molecular weight excluding hydrogens is 401 g/mol. The lowest BCUT2D eigenvalue weighted by molar-refractivity contribution is -0.146. The number of anilines is 1. The molecule has 0 aliphatic carbocycles. The zero-order chi connectivity index (χ0) is 22.5. The van der Waals surface area contributed by atoms with E-state index in [0.717, 1.165) is 10.1 Å². The molecule has 1 amide bonds. The van der Waals surface area contributed by atoms with Crippen LogP contribution in [0.3, 0.4) is 0 Å². The number of alkyl halides is 3. The lowest BCUT2D eigenvalue weighted by Crippen LogP contribution is -2.54. The number of hydrogen-bond donors (Lipinski definition) is 1. The fraction of sp³-hybridized carbons (Fsp3) is 0.684. The second-order valence-electron chi connectivity index (χ2n) is 9.00. The van der Waals surface area contributed by atoms with E-state index in [2.05, 4.69) is 20.6 Å². The summed E-state index contributed by atoms with van der Waals surface area (Å²) in [6, 6.07) is 0. The minimum Gasteiger partial charge on any atom is -0.444 e. The number of fused-ring (bicyclic) bond motifs is 1. The molecule has 0 spiro atoms. The number of aromatic nitrogens is 4. The van der Waals surface area contributed by atoms with Crippen molar-refractivity contribution in [3.63, 3.8) is 0 Å². The first-order valence-corrected chi connectivity index (χ1v) is 9.76. The summed E-state index contributed by atoms with van der Waals surface area (Å²) in [5.74, 6) is -0.681. The van der Waals surface area contributed by atoms with Gasteiger partial charge in [0.05, 0.1) is 0 Å². The van der Waals surface area contributed by atoms with Gasteiger partial charge >= 0.3 is 12.3 Å². The maximum Gasteiger partial charge on any atom is 0.453 e. The molecule has 2 aromatic heterocycles. The highest BCUT2D eigenvalue weighted by Gasteiger charge is 2.39. The molecule has 0 radical (unpaired) electrons. The molecule has 1 N–H and O–H groups in total. The minimum absolute atomic E-state index is 0.0945. The van der Waals surface area contributed by atoms with Crippen molar-refractivity contribution in [3.8, 4) is 0 Å². The largest absolute Gasteiger partial charge is 0.453 e. The maximum atomic E-state index is 13.3. The number of aryl methyl sites for hydroxylation is 1. The van der Waals surface area contributed by atoms with E-state index in [1.807, 2.05) is 18.7 Å². The van der Waals surface area contributed by atoms with Gasteiger partial charge in [-0.1, -0.05) is 0 Å². The number of halogens is 3. The average Bonchev–Trinajstić information content (AvgIpc) is 3.01. The summed E-state index contributed by atoms with van der Waals surface area (Å²) < 4.78 is 45.9. The summed E-state index contributed by atoms with van der Waals surface area (Å²) in [6.45, 7) is 11.9. The SMILES string of the molecule is Cc1c(N2CCC(C)(NC(=O)OC(C)(C)C)CC2)nn2c(C(F)(F)F)nnc2c1C. The van der Waals surface area contributed by atoms with E-state index in [1.54, 1.807) is 27.7 Å². The normalized spacial score (nSPS) is 17.3. The lowest BCUT2D eigenvalue weighted by Gasteiger charge is -2.41. The molecule has 166 valence electrons. The van der Waals surface area contributed by atoms with E-state index >= 15 is 0 Å². The second-order valence-corrected chi connectivity index (χ2v) is 9.00. The number of hydrogen-bond acceptors (Lipinski definition) is 6. The molecule has 1 fully saturated rings. The fourth-order valence-corrected chi connectivity index (χ4v) is 3.48. The summed E-state index contributed by atoms with van der Waals surface area (Å²) >= 11 is 0. The van der Waals surface area contributed by atoms with Gasteiger partial charge in [-0.25, -0.2) is 4.79 Å². The van der Waals surface area contributed by atoms with Crippen LogP contribution in [0.1, 0.15) is 57.5 Å². The van der Waals surface area contributed by atoms with Crippen molar-refractivity contribution in [1.82, 2.24) is 25.1 Å². The van der Waals surface area contributed by atoms with Crippen molar-refractivity contribution >= 4 is 17.6 Å². The van der Waals surface area contributed by atoms with Crippen LogP contribution in [0.25, 0.3) is 5.65 Å². The van der Waals surface area contributed by atoms with Crippen LogP contribution < -0.4 is 10.2 Å². The highest BCUT2D eigenvalue weighted by atomic mass is 19.4. The van der Waals surface area contributed by atoms with Gasteiger partial charge in [-0.15, -0.1) is 15.3 Å². The number of carbonyl (C=O) groups excluding carboxylic acids is 1. The molecule has 1 aliphatic rings. The quantitative estimate of drug-likeness (QED) is 0.786. The van der Waals surface area contributed by atoms with E-state index in [-0.39, 0.29) is 5.65 Å². The Hall–Kier alpha value is -2.59. The predicted octanol–water partition coefficient (Wildman–Crippen LogP) is 3.64. The number of amides is 1. The number of piperidine rings is 1. The van der Waals surface area contributed by atoms with Crippen molar-refractivity contribution in [2.45, 2.75) is 71.7 Å². The smallest absolute Gasteiger partial charge is 0.444 e. The standard InChI is InChI=1S/C19H27F3N6O2/c1-11-12(2)14(26-28-13(11)24-25-15(28)19(20,21)22)27-9-7-18(6,8-10-27)23-16(29)30-17(3,4)5/h7-10H2,1-6H3,(H,23,29). The third-order valence-corrected chi connectivity index (χ3v) is 5.29. The average molecular weight is 428 g/mol. The van der Waals surface area contributed by atoms with Crippen molar-refractivity contribution in [1.29, 1.82) is 0 Å². The van der Waals surface area contributed by atoms with E-state index in [9.17, 15) is 18.0 Å². The first-order valence-electron chi connectivity index (χ1n) is 9.76. The molecule has 1 saturated heterocycles. The van der Waals surface area contributed by atoms with Gasteiger partial charge in [0.2, 0.25) is 0 Å². The van der Waals surface area contributed by atoms with Gasteiger partial charge in [-0.05, 0) is 54.4 Å². The van der Waals surface area contributed by atoms with Gasteiger partial charge in [0.15, 0.2) is 11.5 Å². The van der Waals surface area contributed by atoms with Gasteiger partial charge in [0, 0.05) is 29.8 Å². The van der Waals surface area contributed by atoms with Crippen molar-refractivity contribution in [2.24, 2.45) is 0 Å². The van der Waals surface area contributed by atoms with E-state index in [4.69, 9.17) is 4.74 Å². The molecule has 1 aliphatic heterocycles. The van der Waals surface area contributed by atoms with Gasteiger partial charge < -0.3 is 15.0 Å². The summed E-state index contributed by atoms with van der Waals surface area (Å²) in [5.41, 5.74) is 0.386. The number of nitrogens with one attached hydrogen (secondary N) is 1. The zero-order valence-corrected chi connectivity index (χ0v) is 18.0. The molecule has 8 nitrogen and oxygen atoms in total. The minimum atomic E-state index is -4.65. The Kier molecular flexibility index (Phi) is 5.36. The van der Waals surface area contributed by atoms with Crippen LogP contribution >= 0.6 is 0 Å². The Morgan fingerprint density at radius 3 is 2.23 bits per heavy atom. The molecule has 30 heavy (non-hydrogen) atoms. The highest BCUT2D eigenvalue weighted by molar-refractivity contribution is 5.69. The molecule has 11 heteroatoms. The Balaban J connectivity index is 1.81. The van der Waals surface area contributed by atoms with Gasteiger partial charge in [0.25, 0.3) is 5.82 Å². The predicted molar refractivity (Wildman–Crippen MR) is 104 cm³/mol. The van der Waals surface area contributed by atoms with Crippen LogP contribution in [0, 0.1) is 13.8 Å². The highest BCUT2D eigenvalue weighted by Crippen LogP contribution is 2.32. The van der Waals surface area contributed by atoms with E-state index < -0.39 is 29.2 Å². The topological polar surface area (TPSA) is 84.7 Å². The van der Waals surface area contributed by atoms with E-state index in [1.165, 1.54) is 0 Å². The lowest BCUT2D eigenvalue weighted by atomic mass is 9.89. The Morgan fingerprint density at radius 2 is 1.70 bits per heavy atom. The fourth-order valence-electron chi connectivity index (χ4n) is 3.48. The second kappa shape index (κ2) is 7.28. The molecule has 0 unspecified atom stereocenters. The molecule has 0 aromatic carbocycles.